The van der Waals surface area contributed by atoms with Gasteiger partial charge >= 0.3 is 45.5 Å². The van der Waals surface area contributed by atoms with Crippen LogP contribution in [0.1, 0.15) is 5.56 Å². The van der Waals surface area contributed by atoms with Gasteiger partial charge in [0.25, 0.3) is 0 Å². The zero-order chi connectivity index (χ0) is 10.0. The summed E-state index contributed by atoms with van der Waals surface area (Å²) in [6.45, 7) is 0. The number of aromatic hydroxyl groups is 3. The fourth-order valence-electron chi connectivity index (χ4n) is 0.767. The minimum atomic E-state index is -0.689. The molecule has 0 unspecified atom stereocenters. The summed E-state index contributed by atoms with van der Waals surface area (Å²) in [6, 6.07) is 1.94. The van der Waals surface area contributed by atoms with Crippen LogP contribution in [-0.2, 0) is 4.94 Å². The van der Waals surface area contributed by atoms with Crippen molar-refractivity contribution < 1.29 is 24.8 Å². The average molecular weight is 294 g/mol. The standard InChI is InChI=1S/C7H5FO4S.Sr.2H/c8-12-7(13)3-1-4(9)6(11)5(10)2-3;;;/h1-2,9-11H;;;. The molecule has 0 saturated heterocycles. The molecular formula is C7H7FO4SSr. The molecule has 0 bridgehead atoms. The Morgan fingerprint density at radius 3 is 2.00 bits per heavy atom. The molecule has 1 aromatic carbocycles. The normalized spacial score (nSPS) is 8.93. The monoisotopic (exact) mass is 294 g/mol. The first-order valence-electron chi connectivity index (χ1n) is 3.14. The molecule has 0 atom stereocenters. The van der Waals surface area contributed by atoms with Crippen molar-refractivity contribution in [3.63, 3.8) is 0 Å². The van der Waals surface area contributed by atoms with E-state index >= 15 is 0 Å². The van der Waals surface area contributed by atoms with E-state index in [2.05, 4.69) is 17.2 Å². The van der Waals surface area contributed by atoms with E-state index in [1.165, 1.54) is 0 Å². The van der Waals surface area contributed by atoms with Crippen LogP contribution in [0.15, 0.2) is 12.1 Å². The van der Waals surface area contributed by atoms with Crippen molar-refractivity contribution in [2.75, 3.05) is 0 Å². The first-order valence-corrected chi connectivity index (χ1v) is 3.55. The van der Waals surface area contributed by atoms with Crippen molar-refractivity contribution >= 4 is 62.8 Å². The Bertz CT molecular complexity index is 335. The molecule has 0 aliphatic heterocycles. The molecule has 1 aromatic rings. The molecule has 0 heterocycles. The number of phenolic OH excluding ortho intramolecular Hbond substituents is 3. The van der Waals surface area contributed by atoms with Crippen molar-refractivity contribution in [2.45, 2.75) is 0 Å². The maximum atomic E-state index is 11.6. The van der Waals surface area contributed by atoms with Gasteiger partial charge in [0.2, 0.25) is 5.05 Å². The summed E-state index contributed by atoms with van der Waals surface area (Å²) in [5, 5.41) is 26.3. The Balaban J connectivity index is 0.00000169. The third-order valence-electron chi connectivity index (χ3n) is 1.38. The van der Waals surface area contributed by atoms with Crippen LogP contribution >= 0.6 is 12.2 Å². The topological polar surface area (TPSA) is 69.9 Å². The van der Waals surface area contributed by atoms with E-state index in [1.54, 1.807) is 0 Å². The molecule has 4 nitrogen and oxygen atoms in total. The molecule has 7 heteroatoms. The van der Waals surface area contributed by atoms with E-state index in [-0.39, 0.29) is 51.0 Å². The molecule has 74 valence electrons. The van der Waals surface area contributed by atoms with Gasteiger partial charge in [-0.15, -0.1) is 0 Å². The van der Waals surface area contributed by atoms with Gasteiger partial charge in [-0.2, -0.15) is 0 Å². The Labute approximate surface area is 121 Å². The SMILES string of the molecule is Oc1cc(C(=S)OF)cc(O)c1O.[SrH2]. The fraction of sp³-hybridized carbons (Fsp3) is 0. The first kappa shape index (κ1) is 13.9. The molecule has 0 radical (unpaired) electrons. The van der Waals surface area contributed by atoms with Crippen LogP contribution in [0.3, 0.4) is 0 Å². The molecule has 0 fully saturated rings. The number of hydrogen-bond acceptors (Lipinski definition) is 5. The van der Waals surface area contributed by atoms with Gasteiger partial charge in [-0.25, -0.2) is 0 Å². The molecule has 0 aliphatic carbocycles. The van der Waals surface area contributed by atoms with Crippen molar-refractivity contribution in [3.05, 3.63) is 17.7 Å². The van der Waals surface area contributed by atoms with Gasteiger partial charge in [-0.1, -0.05) is 0 Å². The summed E-state index contributed by atoms with van der Waals surface area (Å²) in [5.74, 6) is -1.89. The summed E-state index contributed by atoms with van der Waals surface area (Å²) < 4.78 is 11.6. The number of hydrogen-bond donors (Lipinski definition) is 3. The zero-order valence-electron chi connectivity index (χ0n) is 6.19. The van der Waals surface area contributed by atoms with Crippen molar-refractivity contribution in [3.8, 4) is 17.2 Å². The van der Waals surface area contributed by atoms with Crippen LogP contribution in [0, 0.1) is 0 Å². The first-order chi connectivity index (χ1) is 6.06. The molecule has 0 aliphatic rings. The van der Waals surface area contributed by atoms with Gasteiger partial charge in [-0.05, 0) is 24.4 Å². The second-order valence-corrected chi connectivity index (χ2v) is 2.60. The second kappa shape index (κ2) is 5.72. The van der Waals surface area contributed by atoms with Crippen LogP contribution < -0.4 is 0 Å². The Kier molecular flexibility index (Phi) is 5.68. The van der Waals surface area contributed by atoms with Gasteiger partial charge in [0.1, 0.15) is 0 Å². The predicted molar refractivity (Wildman–Crippen MR) is 53.9 cm³/mol. The third-order valence-corrected chi connectivity index (χ3v) is 1.67. The Morgan fingerprint density at radius 1 is 1.21 bits per heavy atom. The molecule has 3 N–H and O–H groups in total. The molecule has 14 heavy (non-hydrogen) atoms. The minimum absolute atomic E-state index is 0. The number of halogens is 1. The van der Waals surface area contributed by atoms with Crippen LogP contribution in [0.5, 0.6) is 17.2 Å². The summed E-state index contributed by atoms with van der Waals surface area (Å²) in [5.41, 5.74) is -0.0368. The van der Waals surface area contributed by atoms with E-state index in [0.717, 1.165) is 12.1 Å². The quantitative estimate of drug-likeness (QED) is 0.399. The summed E-state index contributed by atoms with van der Waals surface area (Å²) in [6.07, 6.45) is 0. The third kappa shape index (κ3) is 2.96. The summed E-state index contributed by atoms with van der Waals surface area (Å²) in [4.78, 5) is 3.21. The van der Waals surface area contributed by atoms with Gasteiger partial charge in [0, 0.05) is 10.1 Å². The predicted octanol–water partition coefficient (Wildman–Crippen LogP) is 0.464. The Hall–Kier alpha value is -0.0795. The summed E-state index contributed by atoms with van der Waals surface area (Å²) >= 11 is 4.38. The molecule has 0 aromatic heterocycles. The number of rotatable bonds is 1. The van der Waals surface area contributed by atoms with Crippen molar-refractivity contribution in [1.82, 2.24) is 0 Å². The molecule has 1 rings (SSSR count). The van der Waals surface area contributed by atoms with Gasteiger partial charge in [-0.3, -0.25) is 4.94 Å². The summed E-state index contributed by atoms with van der Waals surface area (Å²) in [7, 11) is 0. The zero-order valence-corrected chi connectivity index (χ0v) is 7.01. The number of benzene rings is 1. The van der Waals surface area contributed by atoms with E-state index in [4.69, 9.17) is 15.3 Å². The van der Waals surface area contributed by atoms with Gasteiger partial charge in [0.05, 0.1) is 0 Å². The van der Waals surface area contributed by atoms with Crippen LogP contribution in [0.25, 0.3) is 0 Å². The van der Waals surface area contributed by atoms with E-state index < -0.39 is 22.3 Å². The van der Waals surface area contributed by atoms with Crippen LogP contribution in [-0.4, -0.2) is 65.9 Å². The Morgan fingerprint density at radius 2 is 1.64 bits per heavy atom. The fourth-order valence-corrected chi connectivity index (χ4v) is 0.884. The van der Waals surface area contributed by atoms with Crippen LogP contribution in [0.4, 0.5) is 4.53 Å². The average Bonchev–Trinajstić information content (AvgIpc) is 2.12. The van der Waals surface area contributed by atoms with Gasteiger partial charge < -0.3 is 15.3 Å². The molecule has 0 amide bonds. The van der Waals surface area contributed by atoms with E-state index in [0.29, 0.717) is 0 Å². The van der Waals surface area contributed by atoms with Crippen LogP contribution in [0.2, 0.25) is 0 Å². The van der Waals surface area contributed by atoms with Crippen molar-refractivity contribution in [1.29, 1.82) is 0 Å². The van der Waals surface area contributed by atoms with E-state index in [1.807, 2.05) is 0 Å². The second-order valence-electron chi connectivity index (χ2n) is 2.23. The molecule has 0 spiro atoms. The molecular weight excluding hydrogens is 287 g/mol. The van der Waals surface area contributed by atoms with E-state index in [9.17, 15) is 4.53 Å². The number of thiocarbonyl (C=S) groups is 1. The maximum absolute atomic E-state index is 11.6. The van der Waals surface area contributed by atoms with Gasteiger partial charge in [0.15, 0.2) is 17.2 Å². The molecule has 0 saturated carbocycles. The number of phenols is 3. The van der Waals surface area contributed by atoms with Crippen molar-refractivity contribution in [2.24, 2.45) is 0 Å².